The number of aromatic nitrogens is 1. The standard InChI is InChI=1S/C7H7N3S/c8-6-4-1-2-10-3-5(4)7(9)11-6/h1-3H,8-9H2. The van der Waals surface area contributed by atoms with E-state index < -0.39 is 0 Å². The topological polar surface area (TPSA) is 64.9 Å². The predicted molar refractivity (Wildman–Crippen MR) is 48.4 cm³/mol. The zero-order chi connectivity index (χ0) is 7.84. The Labute approximate surface area is 67.7 Å². The van der Waals surface area contributed by atoms with E-state index in [0.29, 0.717) is 0 Å². The zero-order valence-electron chi connectivity index (χ0n) is 5.74. The molecule has 0 unspecified atom stereocenters. The molecule has 4 heteroatoms. The van der Waals surface area contributed by atoms with Crippen molar-refractivity contribution in [1.29, 1.82) is 0 Å². The summed E-state index contributed by atoms with van der Waals surface area (Å²) in [5.41, 5.74) is 11.4. The Bertz CT molecular complexity index is 357. The minimum atomic E-state index is 0.741. The second kappa shape index (κ2) is 2.10. The number of nitrogens with zero attached hydrogens (tertiary/aromatic N) is 1. The van der Waals surface area contributed by atoms with Gasteiger partial charge in [-0.25, -0.2) is 0 Å². The fraction of sp³-hybridized carbons (Fsp3) is 0. The molecule has 2 aromatic rings. The molecule has 3 nitrogen and oxygen atoms in total. The zero-order valence-corrected chi connectivity index (χ0v) is 6.56. The minimum Gasteiger partial charge on any atom is -0.390 e. The first-order valence-corrected chi connectivity index (χ1v) is 3.98. The van der Waals surface area contributed by atoms with Crippen LogP contribution in [0.1, 0.15) is 0 Å². The lowest BCUT2D eigenvalue weighted by molar-refractivity contribution is 1.37. The molecule has 0 spiro atoms. The maximum Gasteiger partial charge on any atom is 0.0973 e. The third kappa shape index (κ3) is 0.832. The van der Waals surface area contributed by atoms with Crippen LogP contribution in [0.3, 0.4) is 0 Å². The molecule has 2 aromatic heterocycles. The number of rotatable bonds is 0. The molecule has 0 fully saturated rings. The molecule has 0 bridgehead atoms. The highest BCUT2D eigenvalue weighted by Crippen LogP contribution is 2.34. The van der Waals surface area contributed by atoms with Gasteiger partial charge in [-0.2, -0.15) is 0 Å². The molecule has 0 atom stereocenters. The predicted octanol–water partition coefficient (Wildman–Crippen LogP) is 1.46. The van der Waals surface area contributed by atoms with Crippen LogP contribution in [0.2, 0.25) is 0 Å². The van der Waals surface area contributed by atoms with Crippen molar-refractivity contribution in [2.24, 2.45) is 0 Å². The number of hydrogen-bond donors (Lipinski definition) is 2. The summed E-state index contributed by atoms with van der Waals surface area (Å²) in [5.74, 6) is 0. The van der Waals surface area contributed by atoms with E-state index in [4.69, 9.17) is 11.5 Å². The summed E-state index contributed by atoms with van der Waals surface area (Å²) in [7, 11) is 0. The first-order chi connectivity index (χ1) is 5.29. The molecule has 0 aliphatic carbocycles. The Hall–Kier alpha value is -1.29. The molecular formula is C7H7N3S. The molecule has 2 heterocycles. The van der Waals surface area contributed by atoms with Crippen LogP contribution in [-0.4, -0.2) is 4.98 Å². The highest BCUT2D eigenvalue weighted by molar-refractivity contribution is 7.21. The molecule has 0 aromatic carbocycles. The Kier molecular flexibility index (Phi) is 1.22. The van der Waals surface area contributed by atoms with Crippen LogP contribution < -0.4 is 11.5 Å². The van der Waals surface area contributed by atoms with Gasteiger partial charge in [-0.15, -0.1) is 11.3 Å². The number of pyridine rings is 1. The average Bonchev–Trinajstić information content (AvgIpc) is 2.30. The van der Waals surface area contributed by atoms with E-state index in [2.05, 4.69) is 4.98 Å². The Morgan fingerprint density at radius 1 is 1.18 bits per heavy atom. The SMILES string of the molecule is Nc1sc(N)c2cnccc12. The van der Waals surface area contributed by atoms with E-state index >= 15 is 0 Å². The number of nitrogens with two attached hydrogens (primary N) is 2. The van der Waals surface area contributed by atoms with Gasteiger partial charge in [-0.1, -0.05) is 0 Å². The quantitative estimate of drug-likeness (QED) is 0.621. The molecule has 0 aliphatic heterocycles. The lowest BCUT2D eigenvalue weighted by Gasteiger charge is -1.87. The van der Waals surface area contributed by atoms with Crippen LogP contribution in [0.15, 0.2) is 18.5 Å². The van der Waals surface area contributed by atoms with E-state index in [1.54, 1.807) is 12.4 Å². The summed E-state index contributed by atoms with van der Waals surface area (Å²) >= 11 is 1.40. The summed E-state index contributed by atoms with van der Waals surface area (Å²) in [5, 5.41) is 3.46. The number of hydrogen-bond acceptors (Lipinski definition) is 4. The Morgan fingerprint density at radius 3 is 2.64 bits per heavy atom. The van der Waals surface area contributed by atoms with Crippen molar-refractivity contribution in [3.63, 3.8) is 0 Å². The van der Waals surface area contributed by atoms with Crippen LogP contribution in [0.5, 0.6) is 0 Å². The van der Waals surface area contributed by atoms with E-state index in [1.807, 2.05) is 6.07 Å². The number of anilines is 2. The van der Waals surface area contributed by atoms with Crippen LogP contribution in [-0.2, 0) is 0 Å². The molecule has 0 saturated carbocycles. The Morgan fingerprint density at radius 2 is 1.91 bits per heavy atom. The van der Waals surface area contributed by atoms with Gasteiger partial charge in [0.2, 0.25) is 0 Å². The van der Waals surface area contributed by atoms with E-state index in [9.17, 15) is 0 Å². The van der Waals surface area contributed by atoms with Crippen molar-refractivity contribution in [3.8, 4) is 0 Å². The van der Waals surface area contributed by atoms with Crippen molar-refractivity contribution in [3.05, 3.63) is 18.5 Å². The van der Waals surface area contributed by atoms with Gasteiger partial charge in [-0.3, -0.25) is 4.98 Å². The smallest absolute Gasteiger partial charge is 0.0973 e. The lowest BCUT2D eigenvalue weighted by Crippen LogP contribution is -1.79. The van der Waals surface area contributed by atoms with Crippen molar-refractivity contribution in [2.75, 3.05) is 11.5 Å². The van der Waals surface area contributed by atoms with Crippen LogP contribution in [0.4, 0.5) is 10.0 Å². The van der Waals surface area contributed by atoms with Crippen molar-refractivity contribution < 1.29 is 0 Å². The molecule has 56 valence electrons. The second-order valence-electron chi connectivity index (χ2n) is 2.25. The van der Waals surface area contributed by atoms with Crippen LogP contribution in [0.25, 0.3) is 10.8 Å². The lowest BCUT2D eigenvalue weighted by atomic mass is 10.3. The fourth-order valence-electron chi connectivity index (χ4n) is 1.03. The largest absolute Gasteiger partial charge is 0.390 e. The molecule has 4 N–H and O–H groups in total. The van der Waals surface area contributed by atoms with Crippen molar-refractivity contribution in [2.45, 2.75) is 0 Å². The Balaban J connectivity index is 2.95. The van der Waals surface area contributed by atoms with E-state index in [1.165, 1.54) is 11.3 Å². The molecule has 0 radical (unpaired) electrons. The van der Waals surface area contributed by atoms with E-state index in [-0.39, 0.29) is 0 Å². The number of fused-ring (bicyclic) bond motifs is 1. The minimum absolute atomic E-state index is 0.741. The number of nitrogen functional groups attached to an aromatic ring is 2. The van der Waals surface area contributed by atoms with Gasteiger partial charge >= 0.3 is 0 Å². The van der Waals surface area contributed by atoms with Gasteiger partial charge in [0.1, 0.15) is 0 Å². The third-order valence-corrected chi connectivity index (χ3v) is 2.45. The van der Waals surface area contributed by atoms with Gasteiger partial charge in [0, 0.05) is 23.2 Å². The van der Waals surface area contributed by atoms with Crippen LogP contribution >= 0.6 is 11.3 Å². The van der Waals surface area contributed by atoms with Gasteiger partial charge in [0.05, 0.1) is 10.0 Å². The summed E-state index contributed by atoms with van der Waals surface area (Å²) in [4.78, 5) is 3.96. The van der Waals surface area contributed by atoms with Gasteiger partial charge in [-0.05, 0) is 6.07 Å². The maximum atomic E-state index is 5.69. The normalized spacial score (nSPS) is 10.5. The summed E-state index contributed by atoms with van der Waals surface area (Å²) in [6, 6.07) is 1.87. The average molecular weight is 165 g/mol. The molecular weight excluding hydrogens is 158 g/mol. The van der Waals surface area contributed by atoms with Crippen LogP contribution in [0, 0.1) is 0 Å². The monoisotopic (exact) mass is 165 g/mol. The van der Waals surface area contributed by atoms with E-state index in [0.717, 1.165) is 20.8 Å². The molecule has 0 amide bonds. The van der Waals surface area contributed by atoms with Crippen molar-refractivity contribution in [1.82, 2.24) is 4.98 Å². The number of thiophene rings is 1. The highest BCUT2D eigenvalue weighted by atomic mass is 32.1. The summed E-state index contributed by atoms with van der Waals surface area (Å²) < 4.78 is 0. The molecule has 0 aliphatic rings. The summed E-state index contributed by atoms with van der Waals surface area (Å²) in [6.45, 7) is 0. The maximum absolute atomic E-state index is 5.69. The second-order valence-corrected chi connectivity index (χ2v) is 3.34. The summed E-state index contributed by atoms with van der Waals surface area (Å²) in [6.07, 6.45) is 3.45. The fourth-order valence-corrected chi connectivity index (χ4v) is 1.83. The van der Waals surface area contributed by atoms with Gasteiger partial charge < -0.3 is 11.5 Å². The molecule has 2 rings (SSSR count). The first-order valence-electron chi connectivity index (χ1n) is 3.16. The first kappa shape index (κ1) is 6.42. The molecule has 11 heavy (non-hydrogen) atoms. The van der Waals surface area contributed by atoms with Crippen molar-refractivity contribution >= 4 is 32.1 Å². The van der Waals surface area contributed by atoms with Gasteiger partial charge in [0.25, 0.3) is 0 Å². The van der Waals surface area contributed by atoms with Gasteiger partial charge in [0.15, 0.2) is 0 Å². The third-order valence-electron chi connectivity index (χ3n) is 1.57. The highest BCUT2D eigenvalue weighted by Gasteiger charge is 2.04. The molecule has 0 saturated heterocycles.